The van der Waals surface area contributed by atoms with Crippen LogP contribution in [0.4, 0.5) is 5.69 Å². The summed E-state index contributed by atoms with van der Waals surface area (Å²) in [6, 6.07) is 14.8. The van der Waals surface area contributed by atoms with Gasteiger partial charge in [0, 0.05) is 27.4 Å². The Bertz CT molecular complexity index is 1140. The van der Waals surface area contributed by atoms with Crippen LogP contribution in [0.5, 0.6) is 0 Å². The second-order valence-electron chi connectivity index (χ2n) is 7.45. The Labute approximate surface area is 174 Å². The molecule has 0 unspecified atom stereocenters. The number of sulfone groups is 1. The summed E-state index contributed by atoms with van der Waals surface area (Å²) in [6.45, 7) is 0. The highest BCUT2D eigenvalue weighted by Crippen LogP contribution is 2.38. The van der Waals surface area contributed by atoms with Crippen molar-refractivity contribution < 1.29 is 17.6 Å². The molecule has 1 N–H and O–H groups in total. The second kappa shape index (κ2) is 8.24. The Hall–Kier alpha value is -2.25. The summed E-state index contributed by atoms with van der Waals surface area (Å²) in [5.74, 6) is -0.623. The van der Waals surface area contributed by atoms with Crippen LogP contribution in [0.25, 0.3) is 11.0 Å². The highest BCUT2D eigenvalue weighted by Gasteiger charge is 2.24. The largest absolute Gasteiger partial charge is 0.451 e. The predicted molar refractivity (Wildman–Crippen MR) is 117 cm³/mol. The zero-order valence-electron chi connectivity index (χ0n) is 16.2. The Kier molecular flexibility index (Phi) is 5.69. The first-order valence-corrected chi connectivity index (χ1v) is 12.6. The molecule has 0 aliphatic heterocycles. The van der Waals surface area contributed by atoms with Gasteiger partial charge in [-0.15, -0.1) is 11.8 Å². The molecule has 0 radical (unpaired) electrons. The molecule has 4 rings (SSSR count). The minimum absolute atomic E-state index is 0.0531. The molecule has 7 heteroatoms. The van der Waals surface area contributed by atoms with Gasteiger partial charge in [-0.2, -0.15) is 0 Å². The van der Waals surface area contributed by atoms with E-state index >= 15 is 0 Å². The van der Waals surface area contributed by atoms with E-state index in [0.29, 0.717) is 21.8 Å². The lowest BCUT2D eigenvalue weighted by Crippen LogP contribution is -2.15. The lowest BCUT2D eigenvalue weighted by molar-refractivity contribution is 0.0997. The first-order chi connectivity index (χ1) is 13.9. The van der Waals surface area contributed by atoms with E-state index < -0.39 is 15.7 Å². The zero-order valence-corrected chi connectivity index (χ0v) is 17.8. The van der Waals surface area contributed by atoms with Gasteiger partial charge in [-0.25, -0.2) is 8.42 Å². The number of fused-ring (bicyclic) bond motifs is 1. The maximum atomic E-state index is 13.1. The van der Waals surface area contributed by atoms with E-state index in [1.165, 1.54) is 25.7 Å². The number of para-hydroxylation sites is 2. The van der Waals surface area contributed by atoms with Gasteiger partial charge in [0.15, 0.2) is 15.6 Å². The molecular formula is C22H23NO4S2. The van der Waals surface area contributed by atoms with E-state index in [-0.39, 0.29) is 11.5 Å². The number of benzene rings is 2. The van der Waals surface area contributed by atoms with Gasteiger partial charge in [-0.1, -0.05) is 43.2 Å². The summed E-state index contributed by atoms with van der Waals surface area (Å²) in [7, 11) is -3.34. The molecule has 0 atom stereocenters. The Balaban J connectivity index is 1.66. The average molecular weight is 430 g/mol. The van der Waals surface area contributed by atoms with E-state index in [9.17, 15) is 13.2 Å². The number of anilines is 1. The first kappa shape index (κ1) is 20.0. The van der Waals surface area contributed by atoms with Crippen LogP contribution in [0.3, 0.4) is 0 Å². The summed E-state index contributed by atoms with van der Waals surface area (Å²) >= 11 is 1.79. The number of hydrogen-bond donors (Lipinski definition) is 1. The van der Waals surface area contributed by atoms with Crippen molar-refractivity contribution in [2.24, 2.45) is 0 Å². The summed E-state index contributed by atoms with van der Waals surface area (Å²) < 4.78 is 29.7. The molecule has 3 aromatic rings. The molecule has 2 aromatic carbocycles. The SMILES string of the molecule is CS(=O)(=O)Cc1c(C(=O)Nc2ccccc2SC2CCCC2)oc2ccccc12. The standard InChI is InChI=1S/C22H23NO4S2/c1-29(25,26)14-17-16-10-4-6-12-19(16)27-21(17)22(24)23-18-11-5-7-13-20(18)28-15-8-2-3-9-15/h4-7,10-13,15H,2-3,8-9,14H2,1H3,(H,23,24). The molecule has 0 saturated heterocycles. The van der Waals surface area contributed by atoms with Crippen LogP contribution in [0.2, 0.25) is 0 Å². The van der Waals surface area contributed by atoms with Gasteiger partial charge in [0.2, 0.25) is 0 Å². The van der Waals surface area contributed by atoms with Crippen LogP contribution in [0.15, 0.2) is 57.8 Å². The highest BCUT2D eigenvalue weighted by molar-refractivity contribution is 8.00. The molecule has 0 spiro atoms. The maximum Gasteiger partial charge on any atom is 0.291 e. The number of furan rings is 1. The molecule has 1 heterocycles. The van der Waals surface area contributed by atoms with Gasteiger partial charge in [0.25, 0.3) is 5.91 Å². The van der Waals surface area contributed by atoms with Gasteiger partial charge in [-0.3, -0.25) is 4.79 Å². The molecule has 5 nitrogen and oxygen atoms in total. The topological polar surface area (TPSA) is 76.4 Å². The molecule has 29 heavy (non-hydrogen) atoms. The predicted octanol–water partition coefficient (Wildman–Crippen LogP) is 5.26. The molecule has 1 fully saturated rings. The average Bonchev–Trinajstić information content (AvgIpc) is 3.30. The zero-order chi connectivity index (χ0) is 20.4. The minimum atomic E-state index is -3.34. The van der Waals surface area contributed by atoms with Gasteiger partial charge in [0.05, 0.1) is 11.4 Å². The van der Waals surface area contributed by atoms with Crippen molar-refractivity contribution in [2.45, 2.75) is 41.6 Å². The molecule has 1 saturated carbocycles. The maximum absolute atomic E-state index is 13.1. The summed E-state index contributed by atoms with van der Waals surface area (Å²) in [5, 5.41) is 4.16. The fraction of sp³-hybridized carbons (Fsp3) is 0.318. The van der Waals surface area contributed by atoms with Gasteiger partial charge in [-0.05, 0) is 31.0 Å². The van der Waals surface area contributed by atoms with Crippen molar-refractivity contribution in [3.8, 4) is 0 Å². The third kappa shape index (κ3) is 4.67. The monoisotopic (exact) mass is 429 g/mol. The van der Waals surface area contributed by atoms with Crippen LogP contribution in [-0.4, -0.2) is 25.8 Å². The lowest BCUT2D eigenvalue weighted by Gasteiger charge is -2.14. The lowest BCUT2D eigenvalue weighted by atomic mass is 10.1. The number of hydrogen-bond acceptors (Lipinski definition) is 5. The fourth-order valence-corrected chi connectivity index (χ4v) is 5.87. The normalized spacial score (nSPS) is 15.1. The Morgan fingerprint density at radius 2 is 1.79 bits per heavy atom. The van der Waals surface area contributed by atoms with Crippen LogP contribution < -0.4 is 5.32 Å². The van der Waals surface area contributed by atoms with E-state index in [2.05, 4.69) is 5.32 Å². The third-order valence-corrected chi connectivity index (χ3v) is 7.27. The molecule has 1 aliphatic carbocycles. The molecular weight excluding hydrogens is 406 g/mol. The van der Waals surface area contributed by atoms with E-state index in [4.69, 9.17) is 4.42 Å². The number of thioether (sulfide) groups is 1. The van der Waals surface area contributed by atoms with Crippen molar-refractivity contribution in [3.05, 3.63) is 59.9 Å². The minimum Gasteiger partial charge on any atom is -0.451 e. The quantitative estimate of drug-likeness (QED) is 0.578. The Morgan fingerprint density at radius 3 is 2.55 bits per heavy atom. The third-order valence-electron chi connectivity index (χ3n) is 5.04. The molecule has 1 aromatic heterocycles. The number of rotatable bonds is 6. The number of amides is 1. The van der Waals surface area contributed by atoms with Crippen molar-refractivity contribution >= 4 is 44.2 Å². The van der Waals surface area contributed by atoms with Crippen molar-refractivity contribution in [1.82, 2.24) is 0 Å². The smallest absolute Gasteiger partial charge is 0.291 e. The van der Waals surface area contributed by atoms with E-state index in [0.717, 1.165) is 16.8 Å². The van der Waals surface area contributed by atoms with Crippen LogP contribution in [0, 0.1) is 0 Å². The fourth-order valence-electron chi connectivity index (χ4n) is 3.73. The summed E-state index contributed by atoms with van der Waals surface area (Å²) in [5.41, 5.74) is 1.63. The summed E-state index contributed by atoms with van der Waals surface area (Å²) in [6.07, 6.45) is 6.04. The van der Waals surface area contributed by atoms with Crippen molar-refractivity contribution in [2.75, 3.05) is 11.6 Å². The molecule has 1 amide bonds. The van der Waals surface area contributed by atoms with Crippen LogP contribution >= 0.6 is 11.8 Å². The highest BCUT2D eigenvalue weighted by atomic mass is 32.2. The second-order valence-corrected chi connectivity index (χ2v) is 10.9. The summed E-state index contributed by atoms with van der Waals surface area (Å²) in [4.78, 5) is 14.1. The molecule has 0 bridgehead atoms. The van der Waals surface area contributed by atoms with E-state index in [1.54, 1.807) is 36.0 Å². The van der Waals surface area contributed by atoms with Gasteiger partial charge in [0.1, 0.15) is 5.58 Å². The van der Waals surface area contributed by atoms with Crippen molar-refractivity contribution in [1.29, 1.82) is 0 Å². The van der Waals surface area contributed by atoms with Gasteiger partial charge >= 0.3 is 0 Å². The Morgan fingerprint density at radius 1 is 1.10 bits per heavy atom. The number of carbonyl (C=O) groups excluding carboxylic acids is 1. The molecule has 1 aliphatic rings. The first-order valence-electron chi connectivity index (χ1n) is 9.66. The van der Waals surface area contributed by atoms with Gasteiger partial charge < -0.3 is 9.73 Å². The van der Waals surface area contributed by atoms with Crippen LogP contribution in [0.1, 0.15) is 41.8 Å². The number of nitrogens with one attached hydrogen (secondary N) is 1. The molecule has 152 valence electrons. The van der Waals surface area contributed by atoms with Crippen LogP contribution in [-0.2, 0) is 15.6 Å². The van der Waals surface area contributed by atoms with E-state index in [1.807, 2.05) is 24.3 Å². The number of carbonyl (C=O) groups is 1. The van der Waals surface area contributed by atoms with Crippen molar-refractivity contribution in [3.63, 3.8) is 0 Å².